The summed E-state index contributed by atoms with van der Waals surface area (Å²) >= 11 is 0. The van der Waals surface area contributed by atoms with Crippen molar-refractivity contribution in [2.24, 2.45) is 5.73 Å². The molecule has 3 N–H and O–H groups in total. The Morgan fingerprint density at radius 2 is 0.956 bits per heavy atom. The van der Waals surface area contributed by atoms with E-state index in [2.05, 4.69) is 13.8 Å². The largest absolute Gasteiger partial charge is 0.472 e. The maximum atomic E-state index is 12.5. The zero-order valence-corrected chi connectivity index (χ0v) is 30.0. The summed E-state index contributed by atoms with van der Waals surface area (Å²) in [5, 5.41) is 0. The predicted molar refractivity (Wildman–Crippen MR) is 183 cm³/mol. The Labute approximate surface area is 276 Å². The molecular formula is C35H70NO8P. The second-order valence-electron chi connectivity index (χ2n) is 12.5. The van der Waals surface area contributed by atoms with E-state index in [1.807, 2.05) is 0 Å². The predicted octanol–water partition coefficient (Wildman–Crippen LogP) is 9.72. The number of phosphoric acid groups is 1. The fourth-order valence-electron chi connectivity index (χ4n) is 5.22. The highest BCUT2D eigenvalue weighted by Gasteiger charge is 2.25. The van der Waals surface area contributed by atoms with E-state index in [4.69, 9.17) is 24.3 Å². The smallest absolute Gasteiger partial charge is 0.462 e. The van der Waals surface area contributed by atoms with Crippen LogP contribution in [0, 0.1) is 0 Å². The Kier molecular flexibility index (Phi) is 32.2. The summed E-state index contributed by atoms with van der Waals surface area (Å²) in [6.45, 7) is 3.72. The topological polar surface area (TPSA) is 134 Å². The van der Waals surface area contributed by atoms with E-state index in [0.717, 1.165) is 32.1 Å². The minimum absolute atomic E-state index is 0.0576. The molecule has 10 heteroatoms. The van der Waals surface area contributed by atoms with E-state index in [-0.39, 0.29) is 38.6 Å². The molecule has 0 heterocycles. The third-order valence-corrected chi connectivity index (χ3v) is 8.98. The van der Waals surface area contributed by atoms with Crippen LogP contribution in [0.1, 0.15) is 181 Å². The molecule has 0 rings (SSSR count). The fourth-order valence-corrected chi connectivity index (χ4v) is 5.99. The van der Waals surface area contributed by atoms with Gasteiger partial charge in [-0.05, 0) is 12.8 Å². The molecule has 2 unspecified atom stereocenters. The Morgan fingerprint density at radius 3 is 1.36 bits per heavy atom. The van der Waals surface area contributed by atoms with Crippen LogP contribution in [0.3, 0.4) is 0 Å². The average Bonchev–Trinajstić information content (AvgIpc) is 3.02. The van der Waals surface area contributed by atoms with Crippen molar-refractivity contribution in [1.29, 1.82) is 0 Å². The van der Waals surface area contributed by atoms with Crippen LogP contribution in [0.5, 0.6) is 0 Å². The van der Waals surface area contributed by atoms with Gasteiger partial charge in [-0.1, -0.05) is 155 Å². The van der Waals surface area contributed by atoms with Crippen LogP contribution in [0.2, 0.25) is 0 Å². The van der Waals surface area contributed by atoms with Crippen LogP contribution in [0.25, 0.3) is 0 Å². The molecule has 0 aromatic heterocycles. The molecule has 0 amide bonds. The first-order valence-electron chi connectivity index (χ1n) is 18.5. The summed E-state index contributed by atoms with van der Waals surface area (Å²) in [5.41, 5.74) is 5.32. The highest BCUT2D eigenvalue weighted by atomic mass is 31.2. The lowest BCUT2D eigenvalue weighted by Gasteiger charge is -2.19. The molecule has 9 nitrogen and oxygen atoms in total. The molecule has 0 aliphatic heterocycles. The number of ether oxygens (including phenoxy) is 2. The Hall–Kier alpha value is -0.990. The molecule has 0 aromatic rings. The normalized spacial score (nSPS) is 13.4. The van der Waals surface area contributed by atoms with E-state index in [1.54, 1.807) is 0 Å². The van der Waals surface area contributed by atoms with Crippen molar-refractivity contribution in [3.8, 4) is 0 Å². The highest BCUT2D eigenvalue weighted by molar-refractivity contribution is 7.47. The molecule has 0 aliphatic rings. The van der Waals surface area contributed by atoms with Gasteiger partial charge in [-0.2, -0.15) is 0 Å². The first-order chi connectivity index (χ1) is 21.8. The zero-order valence-electron chi connectivity index (χ0n) is 29.1. The van der Waals surface area contributed by atoms with Crippen molar-refractivity contribution >= 4 is 19.8 Å². The number of unbranched alkanes of at least 4 members (excludes halogenated alkanes) is 22. The van der Waals surface area contributed by atoms with E-state index in [1.165, 1.54) is 116 Å². The van der Waals surface area contributed by atoms with Gasteiger partial charge in [0.25, 0.3) is 0 Å². The van der Waals surface area contributed by atoms with Gasteiger partial charge in [-0.3, -0.25) is 18.6 Å². The van der Waals surface area contributed by atoms with Crippen molar-refractivity contribution in [2.75, 3.05) is 26.4 Å². The molecule has 45 heavy (non-hydrogen) atoms. The molecule has 0 spiro atoms. The number of hydrogen-bond acceptors (Lipinski definition) is 8. The number of esters is 2. The highest BCUT2D eigenvalue weighted by Crippen LogP contribution is 2.43. The minimum atomic E-state index is -4.36. The second kappa shape index (κ2) is 32.9. The Balaban J connectivity index is 4.20. The van der Waals surface area contributed by atoms with Crippen molar-refractivity contribution in [1.82, 2.24) is 0 Å². The zero-order chi connectivity index (χ0) is 33.3. The van der Waals surface area contributed by atoms with E-state index < -0.39 is 26.5 Å². The van der Waals surface area contributed by atoms with Crippen LogP contribution in [0.4, 0.5) is 0 Å². The lowest BCUT2D eigenvalue weighted by Crippen LogP contribution is -2.29. The molecule has 0 saturated carbocycles. The van der Waals surface area contributed by atoms with Gasteiger partial charge in [0.05, 0.1) is 13.2 Å². The van der Waals surface area contributed by atoms with Gasteiger partial charge in [0, 0.05) is 19.4 Å². The van der Waals surface area contributed by atoms with Crippen molar-refractivity contribution < 1.29 is 37.6 Å². The monoisotopic (exact) mass is 663 g/mol. The molecule has 268 valence electrons. The van der Waals surface area contributed by atoms with E-state index in [9.17, 15) is 19.0 Å². The summed E-state index contributed by atoms with van der Waals surface area (Å²) in [7, 11) is -4.36. The first kappa shape index (κ1) is 44.0. The number of carbonyl (C=O) groups excluding carboxylic acids is 2. The molecule has 0 aliphatic carbocycles. The van der Waals surface area contributed by atoms with Crippen LogP contribution >= 0.6 is 7.82 Å². The number of nitrogens with two attached hydrogens (primary N) is 1. The summed E-state index contributed by atoms with van der Waals surface area (Å²) in [5.74, 6) is -0.821. The van der Waals surface area contributed by atoms with Gasteiger partial charge in [-0.15, -0.1) is 0 Å². The number of hydrogen-bond donors (Lipinski definition) is 2. The van der Waals surface area contributed by atoms with E-state index in [0.29, 0.717) is 6.42 Å². The van der Waals surface area contributed by atoms with Crippen LogP contribution < -0.4 is 5.73 Å². The minimum Gasteiger partial charge on any atom is -0.462 e. The SMILES string of the molecule is CCCCCCCCCCCCCCCCC(=O)OC(COC(=O)CCCCCCCCCCCC)COP(=O)(O)OCCN. The van der Waals surface area contributed by atoms with Gasteiger partial charge in [0.1, 0.15) is 6.61 Å². The van der Waals surface area contributed by atoms with Crippen molar-refractivity contribution in [3.63, 3.8) is 0 Å². The molecule has 0 radical (unpaired) electrons. The van der Waals surface area contributed by atoms with Crippen LogP contribution in [-0.4, -0.2) is 49.3 Å². The standard InChI is InChI=1S/C35H70NO8P/c1-3-5-7-9-11-13-15-16-17-18-20-22-24-26-28-35(38)44-33(32-43-45(39,40)42-30-29-36)31-41-34(37)27-25-23-21-19-14-12-10-8-6-4-2/h33H,3-32,36H2,1-2H3,(H,39,40). The van der Waals surface area contributed by atoms with Crippen molar-refractivity contribution in [3.05, 3.63) is 0 Å². The van der Waals surface area contributed by atoms with E-state index >= 15 is 0 Å². The number of rotatable bonds is 35. The summed E-state index contributed by atoms with van der Waals surface area (Å²) < 4.78 is 32.6. The van der Waals surface area contributed by atoms with Gasteiger partial charge in [-0.25, -0.2) is 4.57 Å². The van der Waals surface area contributed by atoms with Gasteiger partial charge in [0.15, 0.2) is 6.10 Å². The van der Waals surface area contributed by atoms with Crippen LogP contribution in [-0.2, 0) is 32.7 Å². The first-order valence-corrected chi connectivity index (χ1v) is 20.0. The van der Waals surface area contributed by atoms with Crippen molar-refractivity contribution in [2.45, 2.75) is 187 Å². The molecular weight excluding hydrogens is 593 g/mol. The quantitative estimate of drug-likeness (QED) is 0.0386. The average molecular weight is 664 g/mol. The maximum Gasteiger partial charge on any atom is 0.472 e. The summed E-state index contributed by atoms with van der Waals surface area (Å²) in [4.78, 5) is 34.6. The fraction of sp³-hybridized carbons (Fsp3) is 0.943. The number of phosphoric ester groups is 1. The van der Waals surface area contributed by atoms with Gasteiger partial charge >= 0.3 is 19.8 Å². The third-order valence-electron chi connectivity index (χ3n) is 7.99. The Morgan fingerprint density at radius 1 is 0.578 bits per heavy atom. The molecule has 0 aromatic carbocycles. The summed E-state index contributed by atoms with van der Waals surface area (Å²) in [6.07, 6.45) is 28.4. The van der Waals surface area contributed by atoms with Gasteiger partial charge < -0.3 is 20.1 Å². The maximum absolute atomic E-state index is 12.5. The lowest BCUT2D eigenvalue weighted by atomic mass is 10.0. The second-order valence-corrected chi connectivity index (χ2v) is 13.9. The molecule has 0 saturated heterocycles. The number of carbonyl (C=O) groups is 2. The summed E-state index contributed by atoms with van der Waals surface area (Å²) in [6, 6.07) is 0. The Bertz CT molecular complexity index is 724. The lowest BCUT2D eigenvalue weighted by molar-refractivity contribution is -0.161. The molecule has 0 fully saturated rings. The third kappa shape index (κ3) is 32.7. The molecule has 2 atom stereocenters. The van der Waals surface area contributed by atoms with Gasteiger partial charge in [0.2, 0.25) is 0 Å². The molecule has 0 bridgehead atoms. The van der Waals surface area contributed by atoms with Crippen LogP contribution in [0.15, 0.2) is 0 Å².